The van der Waals surface area contributed by atoms with Gasteiger partial charge in [0.2, 0.25) is 0 Å². The van der Waals surface area contributed by atoms with Crippen molar-refractivity contribution < 1.29 is 9.18 Å². The largest absolute Gasteiger partial charge is 0.321 e. The summed E-state index contributed by atoms with van der Waals surface area (Å²) < 4.78 is 13.8. The molecule has 0 aliphatic heterocycles. The van der Waals surface area contributed by atoms with E-state index in [0.29, 0.717) is 28.5 Å². The van der Waals surface area contributed by atoms with E-state index in [4.69, 9.17) is 17.3 Å². The molecule has 4 nitrogen and oxygen atoms in total. The highest BCUT2D eigenvalue weighted by atomic mass is 35.5. The molecule has 3 unspecified atom stereocenters. The van der Waals surface area contributed by atoms with Gasteiger partial charge in [-0.3, -0.25) is 14.8 Å². The number of carbonyl (C=O) groups excluding carboxylic acids is 1. The molecule has 0 radical (unpaired) electrons. The summed E-state index contributed by atoms with van der Waals surface area (Å²) in [7, 11) is 0. The zero-order valence-electron chi connectivity index (χ0n) is 17.2. The van der Waals surface area contributed by atoms with Crippen molar-refractivity contribution in [1.29, 1.82) is 0 Å². The molecule has 5 atom stereocenters. The first kappa shape index (κ1) is 20.5. The Kier molecular flexibility index (Phi) is 5.49. The van der Waals surface area contributed by atoms with Gasteiger partial charge in [-0.05, 0) is 91.3 Å². The van der Waals surface area contributed by atoms with E-state index in [1.54, 1.807) is 30.5 Å². The molecule has 6 heteroatoms. The SMILES string of the molecule is NC(C(=O)Cc1ccc(Cl)cn1)C1C[C@H]2CC(c3ccnc4ccc(F)cc34)C[C@H]2C1. The minimum atomic E-state index is -0.447. The molecular weight excluding hydrogens is 413 g/mol. The number of aromatic nitrogens is 2. The van der Waals surface area contributed by atoms with Gasteiger partial charge in [0.15, 0.2) is 5.78 Å². The van der Waals surface area contributed by atoms with Gasteiger partial charge in [0.05, 0.1) is 23.0 Å². The summed E-state index contributed by atoms with van der Waals surface area (Å²) in [5.74, 6) is 1.60. The second-order valence-electron chi connectivity index (χ2n) is 9.12. The zero-order chi connectivity index (χ0) is 21.5. The fraction of sp³-hybridized carbons (Fsp3) is 0.400. The Morgan fingerprint density at radius 2 is 1.87 bits per heavy atom. The van der Waals surface area contributed by atoms with Crippen molar-refractivity contribution in [3.8, 4) is 0 Å². The highest BCUT2D eigenvalue weighted by molar-refractivity contribution is 6.30. The van der Waals surface area contributed by atoms with Crippen LogP contribution in [0.2, 0.25) is 5.02 Å². The summed E-state index contributed by atoms with van der Waals surface area (Å²) in [4.78, 5) is 21.3. The Morgan fingerprint density at radius 1 is 1.10 bits per heavy atom. The zero-order valence-corrected chi connectivity index (χ0v) is 17.9. The summed E-state index contributed by atoms with van der Waals surface area (Å²) >= 11 is 5.87. The van der Waals surface area contributed by atoms with E-state index in [1.165, 1.54) is 11.6 Å². The lowest BCUT2D eigenvalue weighted by molar-refractivity contribution is -0.120. The molecule has 0 amide bonds. The Morgan fingerprint density at radius 3 is 2.58 bits per heavy atom. The van der Waals surface area contributed by atoms with Crippen LogP contribution in [0.4, 0.5) is 4.39 Å². The summed E-state index contributed by atoms with van der Waals surface area (Å²) in [5, 5.41) is 1.48. The van der Waals surface area contributed by atoms with Crippen LogP contribution in [0.25, 0.3) is 10.9 Å². The molecule has 3 aromatic rings. The molecular formula is C25H25ClFN3O. The van der Waals surface area contributed by atoms with Gasteiger partial charge >= 0.3 is 0 Å². The van der Waals surface area contributed by atoms with Gasteiger partial charge in [-0.2, -0.15) is 0 Å². The molecule has 2 aromatic heterocycles. The summed E-state index contributed by atoms with van der Waals surface area (Å²) in [6.45, 7) is 0. The molecule has 2 heterocycles. The number of hydrogen-bond donors (Lipinski definition) is 1. The van der Waals surface area contributed by atoms with Crippen LogP contribution < -0.4 is 5.73 Å². The van der Waals surface area contributed by atoms with Crippen LogP contribution >= 0.6 is 11.6 Å². The van der Waals surface area contributed by atoms with Gasteiger partial charge < -0.3 is 5.73 Å². The third kappa shape index (κ3) is 4.09. The van der Waals surface area contributed by atoms with E-state index in [0.717, 1.165) is 36.6 Å². The number of halogens is 2. The standard InChI is InChI=1S/C25H25ClFN3O/c26-18-1-3-20(30-13-18)12-24(31)25(28)17-9-14-7-16(8-15(14)10-17)21-5-6-29-23-4-2-19(27)11-22(21)23/h1-6,11,13-17,25H,7-10,12,28H2/t14-,15+,16?,17?,25?. The van der Waals surface area contributed by atoms with Crippen LogP contribution in [0.1, 0.15) is 42.9 Å². The van der Waals surface area contributed by atoms with Crippen molar-refractivity contribution in [1.82, 2.24) is 9.97 Å². The average Bonchev–Trinajstić information content (AvgIpc) is 3.33. The third-order valence-corrected chi connectivity index (χ3v) is 7.48. The van der Waals surface area contributed by atoms with Gasteiger partial charge in [-0.15, -0.1) is 0 Å². The molecule has 2 saturated carbocycles. The van der Waals surface area contributed by atoms with Crippen molar-refractivity contribution >= 4 is 28.3 Å². The van der Waals surface area contributed by atoms with Crippen molar-refractivity contribution in [2.75, 3.05) is 0 Å². The first-order valence-corrected chi connectivity index (χ1v) is 11.3. The number of benzene rings is 1. The van der Waals surface area contributed by atoms with Gasteiger partial charge in [-0.1, -0.05) is 11.6 Å². The minimum absolute atomic E-state index is 0.0481. The van der Waals surface area contributed by atoms with Crippen molar-refractivity contribution in [3.63, 3.8) is 0 Å². The van der Waals surface area contributed by atoms with Crippen LogP contribution in [0.3, 0.4) is 0 Å². The lowest BCUT2D eigenvalue weighted by Crippen LogP contribution is -2.38. The molecule has 2 fully saturated rings. The lowest BCUT2D eigenvalue weighted by Gasteiger charge is -2.21. The summed E-state index contributed by atoms with van der Waals surface area (Å²) in [6.07, 6.45) is 7.74. The molecule has 0 bridgehead atoms. The van der Waals surface area contributed by atoms with Gasteiger partial charge in [0, 0.05) is 23.5 Å². The Labute approximate surface area is 186 Å². The summed E-state index contributed by atoms with van der Waals surface area (Å²) in [5.41, 5.74) is 9.14. The molecule has 2 N–H and O–H groups in total. The molecule has 1 aromatic carbocycles. The Bertz CT molecular complexity index is 1110. The van der Waals surface area contributed by atoms with E-state index in [-0.39, 0.29) is 23.9 Å². The van der Waals surface area contributed by atoms with E-state index < -0.39 is 6.04 Å². The molecule has 160 valence electrons. The van der Waals surface area contributed by atoms with E-state index >= 15 is 0 Å². The molecule has 5 rings (SSSR count). The van der Waals surface area contributed by atoms with E-state index in [2.05, 4.69) is 9.97 Å². The van der Waals surface area contributed by atoms with Crippen LogP contribution in [-0.2, 0) is 11.2 Å². The fourth-order valence-corrected chi connectivity index (χ4v) is 5.89. The molecule has 0 saturated heterocycles. The van der Waals surface area contributed by atoms with Gasteiger partial charge in [0.1, 0.15) is 5.82 Å². The molecule has 2 aliphatic carbocycles. The van der Waals surface area contributed by atoms with Crippen LogP contribution in [0.5, 0.6) is 0 Å². The maximum atomic E-state index is 13.8. The number of ketones is 1. The Hall–Kier alpha value is -2.37. The maximum Gasteiger partial charge on any atom is 0.155 e. The molecule has 31 heavy (non-hydrogen) atoms. The first-order valence-electron chi connectivity index (χ1n) is 10.9. The van der Waals surface area contributed by atoms with Crippen molar-refractivity contribution in [3.05, 3.63) is 70.9 Å². The van der Waals surface area contributed by atoms with Crippen molar-refractivity contribution in [2.45, 2.75) is 44.1 Å². The lowest BCUT2D eigenvalue weighted by atomic mass is 9.87. The number of hydrogen-bond acceptors (Lipinski definition) is 4. The highest BCUT2D eigenvalue weighted by Gasteiger charge is 2.44. The minimum Gasteiger partial charge on any atom is -0.321 e. The first-order chi connectivity index (χ1) is 15.0. The van der Waals surface area contributed by atoms with Crippen LogP contribution in [0, 0.1) is 23.6 Å². The second kappa shape index (κ2) is 8.29. The number of rotatable bonds is 5. The highest BCUT2D eigenvalue weighted by Crippen LogP contribution is 2.53. The monoisotopic (exact) mass is 437 g/mol. The second-order valence-corrected chi connectivity index (χ2v) is 9.55. The van der Waals surface area contributed by atoms with Gasteiger partial charge in [-0.25, -0.2) is 4.39 Å². The predicted octanol–water partition coefficient (Wildman–Crippen LogP) is 5.08. The number of nitrogens with zero attached hydrogens (tertiary/aromatic N) is 2. The number of carbonyl (C=O) groups is 1. The topological polar surface area (TPSA) is 68.9 Å². The smallest absolute Gasteiger partial charge is 0.155 e. The molecule has 2 aliphatic rings. The Balaban J connectivity index is 1.24. The average molecular weight is 438 g/mol. The predicted molar refractivity (Wildman–Crippen MR) is 119 cm³/mol. The van der Waals surface area contributed by atoms with Crippen LogP contribution in [0.15, 0.2) is 48.8 Å². The number of fused-ring (bicyclic) bond motifs is 2. The number of pyridine rings is 2. The maximum absolute atomic E-state index is 13.8. The summed E-state index contributed by atoms with van der Waals surface area (Å²) in [6, 6.07) is 9.94. The van der Waals surface area contributed by atoms with Crippen molar-refractivity contribution in [2.24, 2.45) is 23.5 Å². The number of nitrogens with two attached hydrogens (primary N) is 1. The third-order valence-electron chi connectivity index (χ3n) is 7.25. The van der Waals surface area contributed by atoms with E-state index in [9.17, 15) is 9.18 Å². The van der Waals surface area contributed by atoms with Gasteiger partial charge in [0.25, 0.3) is 0 Å². The molecule has 0 spiro atoms. The number of Topliss-reactive ketones (excluding diaryl/α,β-unsaturated/α-hetero) is 1. The fourth-order valence-electron chi connectivity index (χ4n) is 5.78. The normalized spacial score (nSPS) is 26.2. The van der Waals surface area contributed by atoms with E-state index in [1.807, 2.05) is 12.3 Å². The van der Waals surface area contributed by atoms with Crippen LogP contribution in [-0.4, -0.2) is 21.8 Å². The quantitative estimate of drug-likeness (QED) is 0.604.